The number of amides is 1. The molecule has 1 saturated carbocycles. The number of rotatable bonds is 3. The number of carboxylic acid groups (broad SMARTS) is 1. The molecule has 1 aliphatic carbocycles. The third kappa shape index (κ3) is 2.55. The van der Waals surface area contributed by atoms with Crippen LogP contribution < -0.4 is 0 Å². The Bertz CT molecular complexity index is 545. The Balaban J connectivity index is 2.43. The van der Waals surface area contributed by atoms with Crippen LogP contribution in [0.25, 0.3) is 0 Å². The molecule has 1 aromatic carbocycles. The molecule has 2 rings (SSSR count). The monoisotopic (exact) mass is 275 g/mol. The fourth-order valence-electron chi connectivity index (χ4n) is 3.00. The van der Waals surface area contributed by atoms with Gasteiger partial charge >= 0.3 is 5.97 Å². The molecule has 1 amide bonds. The highest BCUT2D eigenvalue weighted by Gasteiger charge is 2.28. The normalized spacial score (nSPS) is 15.3. The van der Waals surface area contributed by atoms with Gasteiger partial charge in [-0.25, -0.2) is 4.79 Å². The first-order valence-electron chi connectivity index (χ1n) is 7.04. The van der Waals surface area contributed by atoms with Gasteiger partial charge in [-0.2, -0.15) is 0 Å². The number of nitrogens with zero attached hydrogens (tertiary/aromatic N) is 1. The molecular weight excluding hydrogens is 254 g/mol. The van der Waals surface area contributed by atoms with Crippen LogP contribution in [-0.4, -0.2) is 35.0 Å². The summed E-state index contributed by atoms with van der Waals surface area (Å²) in [5.74, 6) is -1.20. The van der Waals surface area contributed by atoms with E-state index in [-0.39, 0.29) is 17.5 Å². The highest BCUT2D eigenvalue weighted by Crippen LogP contribution is 2.26. The van der Waals surface area contributed by atoms with Gasteiger partial charge < -0.3 is 10.0 Å². The van der Waals surface area contributed by atoms with Gasteiger partial charge in [0.25, 0.3) is 5.91 Å². The molecule has 0 aromatic heterocycles. The minimum atomic E-state index is -1.03. The van der Waals surface area contributed by atoms with Crippen LogP contribution in [0, 0.1) is 13.8 Å². The van der Waals surface area contributed by atoms with Crippen LogP contribution >= 0.6 is 0 Å². The van der Waals surface area contributed by atoms with Crippen LogP contribution in [0.4, 0.5) is 0 Å². The summed E-state index contributed by atoms with van der Waals surface area (Å²) in [6, 6.07) is 3.81. The molecule has 4 nitrogen and oxygen atoms in total. The summed E-state index contributed by atoms with van der Waals surface area (Å²) >= 11 is 0. The van der Waals surface area contributed by atoms with Crippen LogP contribution in [0.3, 0.4) is 0 Å². The summed E-state index contributed by atoms with van der Waals surface area (Å²) in [4.78, 5) is 25.9. The number of benzene rings is 1. The second-order valence-corrected chi connectivity index (χ2v) is 5.61. The van der Waals surface area contributed by atoms with Gasteiger partial charge in [0, 0.05) is 13.1 Å². The molecule has 0 aliphatic heterocycles. The van der Waals surface area contributed by atoms with E-state index < -0.39 is 5.97 Å². The number of hydrogen-bond donors (Lipinski definition) is 1. The average Bonchev–Trinajstić information content (AvgIpc) is 2.93. The molecule has 1 fully saturated rings. The predicted molar refractivity (Wildman–Crippen MR) is 77.2 cm³/mol. The summed E-state index contributed by atoms with van der Waals surface area (Å²) < 4.78 is 0. The molecule has 0 heterocycles. The van der Waals surface area contributed by atoms with E-state index in [0.29, 0.717) is 11.1 Å². The lowest BCUT2D eigenvalue weighted by Gasteiger charge is -2.26. The van der Waals surface area contributed by atoms with Gasteiger partial charge in [0.05, 0.1) is 11.1 Å². The molecule has 1 aromatic rings. The Hall–Kier alpha value is -1.84. The van der Waals surface area contributed by atoms with Crippen molar-refractivity contribution in [1.29, 1.82) is 0 Å². The number of aryl methyl sites for hydroxylation is 2. The second-order valence-electron chi connectivity index (χ2n) is 5.61. The van der Waals surface area contributed by atoms with E-state index >= 15 is 0 Å². The van der Waals surface area contributed by atoms with Crippen molar-refractivity contribution in [2.24, 2.45) is 0 Å². The van der Waals surface area contributed by atoms with Gasteiger partial charge in [-0.15, -0.1) is 0 Å². The zero-order valence-electron chi connectivity index (χ0n) is 12.3. The molecule has 1 aliphatic rings. The summed E-state index contributed by atoms with van der Waals surface area (Å²) in [6.45, 7) is 3.52. The number of carboxylic acids is 1. The Morgan fingerprint density at radius 2 is 1.60 bits per heavy atom. The van der Waals surface area contributed by atoms with Crippen molar-refractivity contribution >= 4 is 11.9 Å². The second kappa shape index (κ2) is 5.65. The topological polar surface area (TPSA) is 57.6 Å². The maximum absolute atomic E-state index is 12.7. The molecule has 1 N–H and O–H groups in total. The Morgan fingerprint density at radius 3 is 2.10 bits per heavy atom. The molecule has 0 bridgehead atoms. The van der Waals surface area contributed by atoms with E-state index in [1.165, 1.54) is 0 Å². The van der Waals surface area contributed by atoms with Gasteiger partial charge in [-0.1, -0.05) is 25.0 Å². The number of hydrogen-bond acceptors (Lipinski definition) is 2. The molecule has 0 saturated heterocycles. The van der Waals surface area contributed by atoms with Crippen LogP contribution in [0.5, 0.6) is 0 Å². The van der Waals surface area contributed by atoms with Crippen molar-refractivity contribution in [1.82, 2.24) is 4.90 Å². The van der Waals surface area contributed by atoms with Crippen LogP contribution in [-0.2, 0) is 0 Å². The first-order chi connectivity index (χ1) is 9.43. The van der Waals surface area contributed by atoms with Gasteiger partial charge in [0.15, 0.2) is 0 Å². The lowest BCUT2D eigenvalue weighted by Crippen LogP contribution is -2.36. The van der Waals surface area contributed by atoms with Gasteiger partial charge in [-0.3, -0.25) is 4.79 Å². The van der Waals surface area contributed by atoms with Crippen LogP contribution in [0.1, 0.15) is 57.5 Å². The number of carbonyl (C=O) groups excluding carboxylic acids is 1. The van der Waals surface area contributed by atoms with Gasteiger partial charge in [-0.05, 0) is 37.8 Å². The molecule has 0 radical (unpaired) electrons. The third-order valence-electron chi connectivity index (χ3n) is 4.24. The largest absolute Gasteiger partial charge is 0.478 e. The van der Waals surface area contributed by atoms with Crippen molar-refractivity contribution in [3.05, 3.63) is 34.4 Å². The summed E-state index contributed by atoms with van der Waals surface area (Å²) in [5.41, 5.74) is 1.83. The van der Waals surface area contributed by atoms with Crippen LogP contribution in [0.15, 0.2) is 12.1 Å². The molecule has 0 spiro atoms. The molecule has 0 unspecified atom stereocenters. The maximum atomic E-state index is 12.7. The highest BCUT2D eigenvalue weighted by atomic mass is 16.4. The Morgan fingerprint density at radius 1 is 1.10 bits per heavy atom. The zero-order chi connectivity index (χ0) is 14.9. The minimum Gasteiger partial charge on any atom is -0.478 e. The first-order valence-corrected chi connectivity index (χ1v) is 7.04. The first kappa shape index (κ1) is 14.6. The van der Waals surface area contributed by atoms with E-state index in [1.807, 2.05) is 6.07 Å². The van der Waals surface area contributed by atoms with E-state index in [1.54, 1.807) is 31.9 Å². The predicted octanol–water partition coefficient (Wildman–Crippen LogP) is 3.02. The Kier molecular flexibility index (Phi) is 4.12. The summed E-state index contributed by atoms with van der Waals surface area (Å²) in [6.07, 6.45) is 4.30. The van der Waals surface area contributed by atoms with E-state index in [2.05, 4.69) is 0 Å². The molecule has 4 heteroatoms. The minimum absolute atomic E-state index is 0.139. The zero-order valence-corrected chi connectivity index (χ0v) is 12.3. The van der Waals surface area contributed by atoms with Crippen molar-refractivity contribution < 1.29 is 14.7 Å². The molecule has 108 valence electrons. The van der Waals surface area contributed by atoms with Crippen molar-refractivity contribution in [2.75, 3.05) is 7.05 Å². The van der Waals surface area contributed by atoms with E-state index in [9.17, 15) is 14.7 Å². The SMILES string of the molecule is Cc1ccc(C)c(C(=O)N(C)C2CCCC2)c1C(=O)O. The average molecular weight is 275 g/mol. The van der Waals surface area contributed by atoms with Crippen molar-refractivity contribution in [2.45, 2.75) is 45.6 Å². The standard InChI is InChI=1S/C16H21NO3/c1-10-8-9-11(2)14(16(19)20)13(10)15(18)17(3)12-6-4-5-7-12/h8-9,12H,4-7H2,1-3H3,(H,19,20). The molecule has 20 heavy (non-hydrogen) atoms. The van der Waals surface area contributed by atoms with Crippen molar-refractivity contribution in [3.63, 3.8) is 0 Å². The van der Waals surface area contributed by atoms with E-state index in [0.717, 1.165) is 31.2 Å². The quantitative estimate of drug-likeness (QED) is 0.922. The summed E-state index contributed by atoms with van der Waals surface area (Å²) in [5, 5.41) is 9.40. The smallest absolute Gasteiger partial charge is 0.336 e. The van der Waals surface area contributed by atoms with Gasteiger partial charge in [0.2, 0.25) is 0 Å². The van der Waals surface area contributed by atoms with E-state index in [4.69, 9.17) is 0 Å². The number of carbonyl (C=O) groups is 2. The molecular formula is C16H21NO3. The van der Waals surface area contributed by atoms with Gasteiger partial charge in [0.1, 0.15) is 0 Å². The fraction of sp³-hybridized carbons (Fsp3) is 0.500. The lowest BCUT2D eigenvalue weighted by molar-refractivity contribution is 0.0668. The summed E-state index contributed by atoms with van der Waals surface area (Å²) in [7, 11) is 1.78. The van der Waals surface area contributed by atoms with Crippen LogP contribution in [0.2, 0.25) is 0 Å². The fourth-order valence-corrected chi connectivity index (χ4v) is 3.00. The maximum Gasteiger partial charge on any atom is 0.336 e. The third-order valence-corrected chi connectivity index (χ3v) is 4.24. The highest BCUT2D eigenvalue weighted by molar-refractivity contribution is 6.06. The molecule has 0 atom stereocenters. The lowest BCUT2D eigenvalue weighted by atomic mass is 9.95. The Labute approximate surface area is 119 Å². The van der Waals surface area contributed by atoms with Crippen molar-refractivity contribution in [3.8, 4) is 0 Å². The number of aromatic carboxylic acids is 1.